The minimum absolute atomic E-state index is 0.102. The molecule has 0 N–H and O–H groups in total. The van der Waals surface area contributed by atoms with Crippen LogP contribution in [0.15, 0.2) is 106 Å². The van der Waals surface area contributed by atoms with Gasteiger partial charge in [-0.1, -0.05) is 70.5 Å². The van der Waals surface area contributed by atoms with Gasteiger partial charge in [-0.05, 0) is 66.1 Å². The third-order valence-electron chi connectivity index (χ3n) is 6.08. The van der Waals surface area contributed by atoms with Crippen molar-refractivity contribution in [2.24, 2.45) is 0 Å². The SMILES string of the molecule is CCOC(=O)COCc1ccc(OC2=C(c3ccc(Br)cc3)S(=O)c3cc(OCc4ccccc4)ccc32)cc1. The minimum Gasteiger partial charge on any atom is -0.489 e. The Hall–Kier alpha value is -3.72. The molecule has 0 saturated heterocycles. The van der Waals surface area contributed by atoms with Gasteiger partial charge in [0.25, 0.3) is 0 Å². The van der Waals surface area contributed by atoms with Gasteiger partial charge in [0.05, 0.1) is 33.8 Å². The van der Waals surface area contributed by atoms with Crippen molar-refractivity contribution in [3.05, 3.63) is 124 Å². The average Bonchev–Trinajstić information content (AvgIpc) is 3.24. The first-order valence-corrected chi connectivity index (χ1v) is 14.7. The second kappa shape index (κ2) is 13.1. The van der Waals surface area contributed by atoms with E-state index in [0.717, 1.165) is 26.7 Å². The van der Waals surface area contributed by atoms with Crippen LogP contribution >= 0.6 is 15.9 Å². The standard InChI is InChI=1S/C32H27BrO6S/c1-2-37-30(34)21-36-19-23-8-14-26(15-9-23)39-31-28-17-16-27(38-20-22-6-4-3-5-7-22)18-29(28)40(35)32(31)24-10-12-25(33)13-11-24/h3-18H,2,19-21H2,1H3. The number of carbonyl (C=O) groups excluding carboxylic acids is 1. The average molecular weight is 620 g/mol. The van der Waals surface area contributed by atoms with Crippen molar-refractivity contribution in [3.63, 3.8) is 0 Å². The predicted molar refractivity (Wildman–Crippen MR) is 158 cm³/mol. The first kappa shape index (κ1) is 27.8. The molecule has 204 valence electrons. The molecular formula is C32H27BrO6S. The summed E-state index contributed by atoms with van der Waals surface area (Å²) in [6.07, 6.45) is 0. The van der Waals surface area contributed by atoms with E-state index in [4.69, 9.17) is 18.9 Å². The molecule has 5 rings (SSSR count). The third-order valence-corrected chi connectivity index (χ3v) is 8.14. The van der Waals surface area contributed by atoms with E-state index in [9.17, 15) is 9.00 Å². The highest BCUT2D eigenvalue weighted by Gasteiger charge is 2.32. The number of fused-ring (bicyclic) bond motifs is 1. The lowest BCUT2D eigenvalue weighted by Gasteiger charge is -2.12. The Labute approximate surface area is 244 Å². The van der Waals surface area contributed by atoms with Crippen molar-refractivity contribution in [1.82, 2.24) is 0 Å². The Morgan fingerprint density at radius 2 is 1.52 bits per heavy atom. The minimum atomic E-state index is -1.47. The molecule has 0 radical (unpaired) electrons. The van der Waals surface area contributed by atoms with Crippen LogP contribution in [0.5, 0.6) is 11.5 Å². The van der Waals surface area contributed by atoms with Crippen LogP contribution in [0.4, 0.5) is 0 Å². The van der Waals surface area contributed by atoms with Crippen LogP contribution in [-0.4, -0.2) is 23.4 Å². The maximum Gasteiger partial charge on any atom is 0.332 e. The third kappa shape index (κ3) is 6.70. The number of halogens is 1. The van der Waals surface area contributed by atoms with Gasteiger partial charge in [0.15, 0.2) is 5.76 Å². The second-order valence-corrected chi connectivity index (χ2v) is 11.2. The molecule has 4 aromatic rings. The van der Waals surface area contributed by atoms with E-state index < -0.39 is 16.8 Å². The fourth-order valence-corrected chi connectivity index (χ4v) is 5.90. The summed E-state index contributed by atoms with van der Waals surface area (Å²) in [5.74, 6) is 1.38. The Morgan fingerprint density at radius 1 is 0.825 bits per heavy atom. The number of hydrogen-bond donors (Lipinski definition) is 0. The van der Waals surface area contributed by atoms with Gasteiger partial charge in [-0.25, -0.2) is 9.00 Å². The van der Waals surface area contributed by atoms with E-state index >= 15 is 0 Å². The van der Waals surface area contributed by atoms with Crippen LogP contribution < -0.4 is 9.47 Å². The van der Waals surface area contributed by atoms with Crippen LogP contribution in [0, 0.1) is 0 Å². The lowest BCUT2D eigenvalue weighted by atomic mass is 10.1. The van der Waals surface area contributed by atoms with E-state index in [-0.39, 0.29) is 13.2 Å². The number of ether oxygens (including phenoxy) is 4. The number of esters is 1. The Morgan fingerprint density at radius 3 is 2.25 bits per heavy atom. The highest BCUT2D eigenvalue weighted by Crippen LogP contribution is 2.44. The highest BCUT2D eigenvalue weighted by molar-refractivity contribution is 9.10. The zero-order valence-electron chi connectivity index (χ0n) is 21.8. The summed E-state index contributed by atoms with van der Waals surface area (Å²) in [5.41, 5.74) is 3.50. The highest BCUT2D eigenvalue weighted by atomic mass is 79.9. The van der Waals surface area contributed by atoms with E-state index in [1.807, 2.05) is 97.1 Å². The smallest absolute Gasteiger partial charge is 0.332 e. The molecule has 1 aliphatic heterocycles. The molecule has 1 aliphatic rings. The summed E-state index contributed by atoms with van der Waals surface area (Å²) >= 11 is 3.48. The number of hydrogen-bond acceptors (Lipinski definition) is 6. The number of rotatable bonds is 11. The fraction of sp³-hybridized carbons (Fsp3) is 0.156. The zero-order valence-corrected chi connectivity index (χ0v) is 24.2. The molecule has 6 nitrogen and oxygen atoms in total. The van der Waals surface area contributed by atoms with Gasteiger partial charge in [0, 0.05) is 10.0 Å². The summed E-state index contributed by atoms with van der Waals surface area (Å²) in [5, 5.41) is 0. The predicted octanol–water partition coefficient (Wildman–Crippen LogP) is 7.13. The first-order valence-electron chi connectivity index (χ1n) is 12.7. The fourth-order valence-electron chi connectivity index (χ4n) is 4.16. The van der Waals surface area contributed by atoms with Gasteiger partial charge in [0.2, 0.25) is 0 Å². The summed E-state index contributed by atoms with van der Waals surface area (Å²) in [6, 6.07) is 30.6. The second-order valence-electron chi connectivity index (χ2n) is 8.91. The van der Waals surface area contributed by atoms with Gasteiger partial charge in [-0.2, -0.15) is 0 Å². The van der Waals surface area contributed by atoms with Crippen LogP contribution in [-0.2, 0) is 38.3 Å². The van der Waals surface area contributed by atoms with Crippen molar-refractivity contribution in [2.75, 3.05) is 13.2 Å². The van der Waals surface area contributed by atoms with E-state index in [1.54, 1.807) is 6.92 Å². The molecule has 1 unspecified atom stereocenters. The summed E-state index contributed by atoms with van der Waals surface area (Å²) in [4.78, 5) is 12.7. The van der Waals surface area contributed by atoms with Crippen molar-refractivity contribution in [1.29, 1.82) is 0 Å². The zero-order chi connectivity index (χ0) is 27.9. The van der Waals surface area contributed by atoms with Crippen molar-refractivity contribution in [2.45, 2.75) is 25.0 Å². The summed E-state index contributed by atoms with van der Waals surface area (Å²) in [6.45, 7) is 2.66. The molecule has 8 heteroatoms. The van der Waals surface area contributed by atoms with Crippen LogP contribution in [0.1, 0.15) is 29.2 Å². The summed E-state index contributed by atoms with van der Waals surface area (Å²) in [7, 11) is -1.47. The lowest BCUT2D eigenvalue weighted by molar-refractivity contribution is -0.148. The molecule has 0 aromatic heterocycles. The molecule has 0 amide bonds. The maximum absolute atomic E-state index is 13.8. The quantitative estimate of drug-likeness (QED) is 0.166. The molecule has 0 saturated carbocycles. The Balaban J connectivity index is 1.38. The molecular weight excluding hydrogens is 592 g/mol. The van der Waals surface area contributed by atoms with Crippen LogP contribution in [0.3, 0.4) is 0 Å². The van der Waals surface area contributed by atoms with Gasteiger partial charge in [0.1, 0.15) is 24.7 Å². The van der Waals surface area contributed by atoms with Crippen LogP contribution in [0.25, 0.3) is 10.7 Å². The number of benzene rings is 4. The van der Waals surface area contributed by atoms with Gasteiger partial charge in [-0.3, -0.25) is 0 Å². The topological polar surface area (TPSA) is 71.1 Å². The maximum atomic E-state index is 13.8. The normalized spacial score (nSPS) is 14.1. The van der Waals surface area contributed by atoms with Crippen molar-refractivity contribution in [3.8, 4) is 11.5 Å². The number of carbonyl (C=O) groups is 1. The molecule has 40 heavy (non-hydrogen) atoms. The Kier molecular flexibility index (Phi) is 9.11. The Bertz CT molecular complexity index is 1530. The van der Waals surface area contributed by atoms with E-state index in [1.165, 1.54) is 0 Å². The molecule has 1 atom stereocenters. The monoisotopic (exact) mass is 618 g/mol. The van der Waals surface area contributed by atoms with Gasteiger partial charge in [-0.15, -0.1) is 0 Å². The summed E-state index contributed by atoms with van der Waals surface area (Å²) < 4.78 is 37.5. The molecule has 0 fully saturated rings. The molecule has 4 aromatic carbocycles. The van der Waals surface area contributed by atoms with Crippen molar-refractivity contribution >= 4 is 43.4 Å². The largest absolute Gasteiger partial charge is 0.489 e. The van der Waals surface area contributed by atoms with Gasteiger partial charge >= 0.3 is 5.97 Å². The van der Waals surface area contributed by atoms with E-state index in [0.29, 0.717) is 40.3 Å². The first-order chi connectivity index (χ1) is 19.5. The van der Waals surface area contributed by atoms with Gasteiger partial charge < -0.3 is 18.9 Å². The van der Waals surface area contributed by atoms with Crippen molar-refractivity contribution < 1.29 is 28.0 Å². The lowest BCUT2D eigenvalue weighted by Crippen LogP contribution is -2.12. The van der Waals surface area contributed by atoms with E-state index in [2.05, 4.69) is 15.9 Å². The van der Waals surface area contributed by atoms with Crippen LogP contribution in [0.2, 0.25) is 0 Å². The molecule has 1 heterocycles. The molecule has 0 spiro atoms. The molecule has 0 bridgehead atoms. The molecule has 0 aliphatic carbocycles.